The van der Waals surface area contributed by atoms with E-state index < -0.39 is 5.97 Å². The monoisotopic (exact) mass is 376 g/mol. The van der Waals surface area contributed by atoms with Crippen LogP contribution < -0.4 is 0 Å². The minimum Gasteiger partial charge on any atom is -0.477 e. The van der Waals surface area contributed by atoms with Gasteiger partial charge in [0, 0.05) is 23.2 Å². The van der Waals surface area contributed by atoms with Gasteiger partial charge in [-0.2, -0.15) is 5.26 Å². The van der Waals surface area contributed by atoms with Crippen molar-refractivity contribution >= 4 is 17.7 Å². The molecule has 5 heteroatoms. The lowest BCUT2D eigenvalue weighted by Gasteiger charge is -2.09. The van der Waals surface area contributed by atoms with Crippen molar-refractivity contribution < 1.29 is 9.90 Å². The van der Waals surface area contributed by atoms with Crippen LogP contribution in [0.5, 0.6) is 0 Å². The average Bonchev–Trinajstić information content (AvgIpc) is 2.99. The van der Waals surface area contributed by atoms with Gasteiger partial charge in [0.2, 0.25) is 0 Å². The van der Waals surface area contributed by atoms with Crippen molar-refractivity contribution in [1.82, 2.24) is 4.57 Å². The molecule has 1 N–H and O–H groups in total. The fourth-order valence-electron chi connectivity index (χ4n) is 3.50. The second-order valence-corrected chi connectivity index (χ2v) is 7.00. The van der Waals surface area contributed by atoms with Gasteiger partial charge in [0.05, 0.1) is 5.56 Å². The molecular formula is C22H20N2O2S. The van der Waals surface area contributed by atoms with Crippen molar-refractivity contribution in [3.05, 3.63) is 65.5 Å². The Balaban J connectivity index is 2.16. The fourth-order valence-corrected chi connectivity index (χ4v) is 4.12. The summed E-state index contributed by atoms with van der Waals surface area (Å²) in [5, 5.41) is 19.4. The molecule has 0 saturated heterocycles. The van der Waals surface area contributed by atoms with Crippen molar-refractivity contribution in [3.8, 4) is 28.3 Å². The molecule has 2 aromatic carbocycles. The molecule has 27 heavy (non-hydrogen) atoms. The summed E-state index contributed by atoms with van der Waals surface area (Å²) >= 11 is 1.69. The maximum atomic E-state index is 11.9. The van der Waals surface area contributed by atoms with Crippen LogP contribution in [-0.4, -0.2) is 21.9 Å². The Kier molecular flexibility index (Phi) is 5.38. The van der Waals surface area contributed by atoms with E-state index in [1.165, 1.54) is 4.90 Å². The van der Waals surface area contributed by atoms with Crippen LogP contribution in [0.25, 0.3) is 22.3 Å². The number of thioether (sulfide) groups is 1. The molecule has 0 aliphatic heterocycles. The Morgan fingerprint density at radius 3 is 2.33 bits per heavy atom. The first-order chi connectivity index (χ1) is 13.0. The highest BCUT2D eigenvalue weighted by molar-refractivity contribution is 7.98. The van der Waals surface area contributed by atoms with Gasteiger partial charge in [-0.05, 0) is 35.4 Å². The Bertz CT molecular complexity index is 1040. The van der Waals surface area contributed by atoms with Crippen molar-refractivity contribution in [1.29, 1.82) is 5.26 Å². The van der Waals surface area contributed by atoms with Gasteiger partial charge in [0.15, 0.2) is 0 Å². The molecule has 0 fully saturated rings. The van der Waals surface area contributed by atoms with Gasteiger partial charge in [-0.1, -0.05) is 49.4 Å². The molecule has 0 bridgehead atoms. The number of nitrogens with zero attached hydrogens (tertiary/aromatic N) is 2. The number of aromatic carboxylic acids is 1. The van der Waals surface area contributed by atoms with E-state index in [-0.39, 0.29) is 5.69 Å². The highest BCUT2D eigenvalue weighted by atomic mass is 32.2. The summed E-state index contributed by atoms with van der Waals surface area (Å²) < 4.78 is 1.62. The number of aromatic nitrogens is 1. The molecule has 3 rings (SSSR count). The largest absolute Gasteiger partial charge is 0.477 e. The quantitative estimate of drug-likeness (QED) is 0.621. The number of hydrogen-bond donors (Lipinski definition) is 1. The van der Waals surface area contributed by atoms with Crippen molar-refractivity contribution in [3.63, 3.8) is 0 Å². The normalized spacial score (nSPS) is 10.6. The van der Waals surface area contributed by atoms with E-state index in [2.05, 4.69) is 18.2 Å². The highest BCUT2D eigenvalue weighted by Gasteiger charge is 2.25. The minimum absolute atomic E-state index is 0.153. The zero-order valence-corrected chi connectivity index (χ0v) is 16.3. The standard InChI is InChI=1S/C22H20N2O2S/c1-4-18-17(13-23)20(21(22(25)26)24(18)2)15-11-9-14(10-12-15)16-7-5-6-8-19(16)27-3/h5-12H,4H2,1-3H3,(H,25,26). The van der Waals surface area contributed by atoms with Gasteiger partial charge in [0.1, 0.15) is 11.8 Å². The summed E-state index contributed by atoms with van der Waals surface area (Å²) in [6, 6.07) is 18.1. The number of carboxylic acids is 1. The predicted molar refractivity (Wildman–Crippen MR) is 109 cm³/mol. The van der Waals surface area contributed by atoms with Crippen molar-refractivity contribution in [2.75, 3.05) is 6.26 Å². The number of nitriles is 1. The smallest absolute Gasteiger partial charge is 0.353 e. The van der Waals surface area contributed by atoms with Gasteiger partial charge in [-0.15, -0.1) is 11.8 Å². The first kappa shape index (κ1) is 18.8. The molecule has 136 valence electrons. The molecule has 1 aromatic heterocycles. The lowest BCUT2D eigenvalue weighted by Crippen LogP contribution is -2.07. The summed E-state index contributed by atoms with van der Waals surface area (Å²) in [5.41, 5.74) is 4.76. The van der Waals surface area contributed by atoms with Crippen LogP contribution in [0.1, 0.15) is 28.7 Å². The molecule has 3 aromatic rings. The first-order valence-corrected chi connectivity index (χ1v) is 9.84. The predicted octanol–water partition coefficient (Wildman–Crippen LogP) is 5.21. The van der Waals surface area contributed by atoms with Crippen LogP contribution in [-0.2, 0) is 13.5 Å². The maximum Gasteiger partial charge on any atom is 0.353 e. The Labute approximate surface area is 163 Å². The molecule has 0 unspecified atom stereocenters. The maximum absolute atomic E-state index is 11.9. The lowest BCUT2D eigenvalue weighted by molar-refractivity contribution is 0.0687. The molecule has 0 aliphatic carbocycles. The SMILES string of the molecule is CCc1c(C#N)c(-c2ccc(-c3ccccc3SC)cc2)c(C(=O)O)n1C. The van der Waals surface area contributed by atoms with E-state index >= 15 is 0 Å². The summed E-state index contributed by atoms with van der Waals surface area (Å²) in [5.74, 6) is -1.03. The third kappa shape index (κ3) is 3.24. The molecule has 0 aliphatic rings. The summed E-state index contributed by atoms with van der Waals surface area (Å²) in [4.78, 5) is 13.0. The molecule has 0 radical (unpaired) electrons. The number of benzene rings is 2. The van der Waals surface area contributed by atoms with Gasteiger partial charge < -0.3 is 9.67 Å². The van der Waals surface area contributed by atoms with Crippen LogP contribution >= 0.6 is 11.8 Å². The topological polar surface area (TPSA) is 66.0 Å². The van der Waals surface area contributed by atoms with Gasteiger partial charge >= 0.3 is 5.97 Å². The Morgan fingerprint density at radius 2 is 1.78 bits per heavy atom. The summed E-state index contributed by atoms with van der Waals surface area (Å²) in [7, 11) is 1.70. The molecule has 1 heterocycles. The van der Waals surface area contributed by atoms with E-state index in [1.54, 1.807) is 23.4 Å². The van der Waals surface area contributed by atoms with Gasteiger partial charge in [-0.3, -0.25) is 0 Å². The van der Waals surface area contributed by atoms with E-state index in [0.717, 1.165) is 22.4 Å². The van der Waals surface area contributed by atoms with Crippen molar-refractivity contribution in [2.45, 2.75) is 18.2 Å². The van der Waals surface area contributed by atoms with Crippen LogP contribution in [0.4, 0.5) is 0 Å². The zero-order valence-electron chi connectivity index (χ0n) is 15.5. The number of rotatable bonds is 5. The van der Waals surface area contributed by atoms with Crippen molar-refractivity contribution in [2.24, 2.45) is 7.05 Å². The Hall–Kier alpha value is -2.97. The fraction of sp³-hybridized carbons (Fsp3) is 0.182. The second-order valence-electron chi connectivity index (χ2n) is 6.15. The number of carbonyl (C=O) groups is 1. The minimum atomic E-state index is -1.03. The molecule has 0 amide bonds. The molecule has 0 spiro atoms. The molecule has 0 atom stereocenters. The van der Waals surface area contributed by atoms with Gasteiger partial charge in [0.25, 0.3) is 0 Å². The Morgan fingerprint density at radius 1 is 1.15 bits per heavy atom. The third-order valence-electron chi connectivity index (χ3n) is 4.76. The highest BCUT2D eigenvalue weighted by Crippen LogP contribution is 2.35. The molecule has 0 saturated carbocycles. The second kappa shape index (κ2) is 7.73. The van der Waals surface area contributed by atoms with Crippen LogP contribution in [0.3, 0.4) is 0 Å². The molecule has 4 nitrogen and oxygen atoms in total. The van der Waals surface area contributed by atoms with E-state index in [4.69, 9.17) is 0 Å². The average molecular weight is 376 g/mol. The molecular weight excluding hydrogens is 356 g/mol. The van der Waals surface area contributed by atoms with Crippen LogP contribution in [0, 0.1) is 11.3 Å². The van der Waals surface area contributed by atoms with Crippen LogP contribution in [0.15, 0.2) is 53.4 Å². The van der Waals surface area contributed by atoms with E-state index in [1.807, 2.05) is 49.6 Å². The summed E-state index contributed by atoms with van der Waals surface area (Å²) in [6.45, 7) is 1.92. The third-order valence-corrected chi connectivity index (χ3v) is 5.55. The summed E-state index contributed by atoms with van der Waals surface area (Å²) in [6.07, 6.45) is 2.64. The lowest BCUT2D eigenvalue weighted by atomic mass is 9.97. The number of hydrogen-bond acceptors (Lipinski definition) is 3. The number of carboxylic acid groups (broad SMARTS) is 1. The van der Waals surface area contributed by atoms with Crippen LogP contribution in [0.2, 0.25) is 0 Å². The first-order valence-electron chi connectivity index (χ1n) is 8.62. The van der Waals surface area contributed by atoms with Gasteiger partial charge in [-0.25, -0.2) is 4.79 Å². The van der Waals surface area contributed by atoms with E-state index in [0.29, 0.717) is 17.5 Å². The zero-order chi connectivity index (χ0) is 19.6. The van der Waals surface area contributed by atoms with E-state index in [9.17, 15) is 15.2 Å².